The van der Waals surface area contributed by atoms with Crippen LogP contribution in [0, 0.1) is 5.41 Å². The Labute approximate surface area is 130 Å². The van der Waals surface area contributed by atoms with Crippen LogP contribution < -0.4 is 5.73 Å². The molecule has 1 aliphatic heterocycles. The van der Waals surface area contributed by atoms with E-state index in [1.165, 1.54) is 25.7 Å². The fourth-order valence-electron chi connectivity index (χ4n) is 3.86. The number of piperazine rings is 1. The third kappa shape index (κ3) is 4.19. The first-order valence-corrected chi connectivity index (χ1v) is 8.82. The van der Waals surface area contributed by atoms with Crippen molar-refractivity contribution in [3.05, 3.63) is 0 Å². The van der Waals surface area contributed by atoms with Gasteiger partial charge >= 0.3 is 0 Å². The van der Waals surface area contributed by atoms with E-state index in [0.717, 1.165) is 39.0 Å². The van der Waals surface area contributed by atoms with E-state index in [0.29, 0.717) is 24.9 Å². The summed E-state index contributed by atoms with van der Waals surface area (Å²) >= 11 is 0. The first-order chi connectivity index (χ1) is 10.1. The molecule has 1 amide bonds. The maximum absolute atomic E-state index is 12.6. The van der Waals surface area contributed by atoms with Crippen LogP contribution in [0.15, 0.2) is 0 Å². The van der Waals surface area contributed by atoms with E-state index in [-0.39, 0.29) is 5.41 Å². The van der Waals surface area contributed by atoms with Crippen LogP contribution in [0.2, 0.25) is 0 Å². The van der Waals surface area contributed by atoms with E-state index in [1.807, 2.05) is 0 Å². The molecule has 1 unspecified atom stereocenters. The molecule has 122 valence electrons. The lowest BCUT2D eigenvalue weighted by Crippen LogP contribution is -2.52. The molecule has 2 rings (SSSR count). The van der Waals surface area contributed by atoms with Gasteiger partial charge in [0, 0.05) is 38.6 Å². The molecule has 2 N–H and O–H groups in total. The quantitative estimate of drug-likeness (QED) is 0.846. The number of hydrogen-bond acceptors (Lipinski definition) is 3. The molecule has 1 saturated carbocycles. The van der Waals surface area contributed by atoms with Crippen LogP contribution in [-0.2, 0) is 4.79 Å². The number of hydrogen-bond donors (Lipinski definition) is 1. The van der Waals surface area contributed by atoms with Crippen molar-refractivity contribution in [1.29, 1.82) is 0 Å². The third-order valence-electron chi connectivity index (χ3n) is 5.75. The van der Waals surface area contributed by atoms with E-state index >= 15 is 0 Å². The average molecular weight is 295 g/mol. The number of carbonyl (C=O) groups is 1. The molecule has 2 fully saturated rings. The molecule has 0 radical (unpaired) electrons. The van der Waals surface area contributed by atoms with Gasteiger partial charge < -0.3 is 10.6 Å². The summed E-state index contributed by atoms with van der Waals surface area (Å²) in [7, 11) is 0. The molecule has 0 aromatic carbocycles. The highest BCUT2D eigenvalue weighted by molar-refractivity contribution is 5.77. The van der Waals surface area contributed by atoms with E-state index in [9.17, 15) is 4.79 Å². The fraction of sp³-hybridized carbons (Fsp3) is 0.941. The zero-order valence-corrected chi connectivity index (χ0v) is 13.9. The summed E-state index contributed by atoms with van der Waals surface area (Å²) in [5.74, 6) is 0.339. The predicted octanol–water partition coefficient (Wildman–Crippen LogP) is 2.23. The number of nitrogens with two attached hydrogens (primary N) is 1. The fourth-order valence-corrected chi connectivity index (χ4v) is 3.86. The topological polar surface area (TPSA) is 49.6 Å². The molecular weight excluding hydrogens is 262 g/mol. The van der Waals surface area contributed by atoms with Gasteiger partial charge in [0.2, 0.25) is 5.91 Å². The van der Waals surface area contributed by atoms with Crippen molar-refractivity contribution in [3.63, 3.8) is 0 Å². The van der Waals surface area contributed by atoms with Crippen LogP contribution in [0.1, 0.15) is 58.8 Å². The van der Waals surface area contributed by atoms with Crippen LogP contribution >= 0.6 is 0 Å². The van der Waals surface area contributed by atoms with Gasteiger partial charge in [-0.3, -0.25) is 9.69 Å². The Morgan fingerprint density at radius 1 is 1.14 bits per heavy atom. The molecule has 1 heterocycles. The lowest BCUT2D eigenvalue weighted by atomic mass is 9.71. The molecule has 1 atom stereocenters. The Morgan fingerprint density at radius 2 is 1.76 bits per heavy atom. The first kappa shape index (κ1) is 16.8. The summed E-state index contributed by atoms with van der Waals surface area (Å²) in [6.07, 6.45) is 7.93. The number of amides is 1. The van der Waals surface area contributed by atoms with Gasteiger partial charge in [0.1, 0.15) is 0 Å². The summed E-state index contributed by atoms with van der Waals surface area (Å²) in [5, 5.41) is 0. The van der Waals surface area contributed by atoms with Gasteiger partial charge in [-0.05, 0) is 38.1 Å². The standard InChI is InChI=1S/C17H33N3O/c1-3-15(2)19-9-11-20(12-10-19)16(21)13-17(14-18)7-5-4-6-8-17/h15H,3-14,18H2,1-2H3. The Morgan fingerprint density at radius 3 is 2.29 bits per heavy atom. The molecule has 0 spiro atoms. The molecule has 21 heavy (non-hydrogen) atoms. The summed E-state index contributed by atoms with van der Waals surface area (Å²) in [6, 6.07) is 0.635. The van der Waals surface area contributed by atoms with Gasteiger partial charge in [0.15, 0.2) is 0 Å². The first-order valence-electron chi connectivity index (χ1n) is 8.82. The van der Waals surface area contributed by atoms with Gasteiger partial charge in [-0.1, -0.05) is 26.2 Å². The minimum Gasteiger partial charge on any atom is -0.340 e. The second kappa shape index (κ2) is 7.59. The van der Waals surface area contributed by atoms with Gasteiger partial charge in [-0.25, -0.2) is 0 Å². The number of rotatable bonds is 5. The maximum atomic E-state index is 12.6. The minimum absolute atomic E-state index is 0.100. The van der Waals surface area contributed by atoms with E-state index in [2.05, 4.69) is 23.6 Å². The van der Waals surface area contributed by atoms with Gasteiger partial charge in [-0.15, -0.1) is 0 Å². The molecule has 4 heteroatoms. The highest BCUT2D eigenvalue weighted by Gasteiger charge is 2.35. The van der Waals surface area contributed by atoms with Crippen molar-refractivity contribution in [2.45, 2.75) is 64.8 Å². The smallest absolute Gasteiger partial charge is 0.223 e. The molecule has 0 bridgehead atoms. The zero-order chi connectivity index (χ0) is 15.3. The van der Waals surface area contributed by atoms with Crippen molar-refractivity contribution >= 4 is 5.91 Å². The van der Waals surface area contributed by atoms with Crippen molar-refractivity contribution in [2.75, 3.05) is 32.7 Å². The summed E-state index contributed by atoms with van der Waals surface area (Å²) < 4.78 is 0. The van der Waals surface area contributed by atoms with Crippen molar-refractivity contribution in [3.8, 4) is 0 Å². The van der Waals surface area contributed by atoms with Crippen LogP contribution in [-0.4, -0.2) is 54.5 Å². The summed E-state index contributed by atoms with van der Waals surface area (Å²) in [6.45, 7) is 9.02. The Bertz CT molecular complexity index is 331. The lowest BCUT2D eigenvalue weighted by molar-refractivity contribution is -0.136. The Kier molecular flexibility index (Phi) is 6.06. The van der Waals surface area contributed by atoms with Crippen molar-refractivity contribution in [1.82, 2.24) is 9.80 Å². The van der Waals surface area contributed by atoms with Crippen molar-refractivity contribution in [2.24, 2.45) is 11.1 Å². The second-order valence-electron chi connectivity index (χ2n) is 7.12. The Balaban J connectivity index is 1.84. The van der Waals surface area contributed by atoms with Crippen LogP contribution in [0.4, 0.5) is 0 Å². The maximum Gasteiger partial charge on any atom is 0.223 e. The highest BCUT2D eigenvalue weighted by Crippen LogP contribution is 2.38. The van der Waals surface area contributed by atoms with Gasteiger partial charge in [-0.2, -0.15) is 0 Å². The van der Waals surface area contributed by atoms with E-state index < -0.39 is 0 Å². The SMILES string of the molecule is CCC(C)N1CCN(C(=O)CC2(CN)CCCCC2)CC1. The monoisotopic (exact) mass is 295 g/mol. The molecule has 1 saturated heterocycles. The van der Waals surface area contributed by atoms with Crippen molar-refractivity contribution < 1.29 is 4.79 Å². The van der Waals surface area contributed by atoms with E-state index in [4.69, 9.17) is 5.73 Å². The molecule has 1 aliphatic carbocycles. The molecule has 4 nitrogen and oxygen atoms in total. The molecule has 2 aliphatic rings. The second-order valence-corrected chi connectivity index (χ2v) is 7.12. The lowest BCUT2D eigenvalue weighted by Gasteiger charge is -2.41. The Hall–Kier alpha value is -0.610. The third-order valence-corrected chi connectivity index (χ3v) is 5.75. The average Bonchev–Trinajstić information content (AvgIpc) is 2.55. The van der Waals surface area contributed by atoms with Crippen LogP contribution in [0.3, 0.4) is 0 Å². The van der Waals surface area contributed by atoms with Crippen LogP contribution in [0.25, 0.3) is 0 Å². The normalized spacial score (nSPS) is 24.8. The highest BCUT2D eigenvalue weighted by atomic mass is 16.2. The zero-order valence-electron chi connectivity index (χ0n) is 13.9. The molecule has 0 aromatic rings. The van der Waals surface area contributed by atoms with Gasteiger partial charge in [0.25, 0.3) is 0 Å². The van der Waals surface area contributed by atoms with Gasteiger partial charge in [0.05, 0.1) is 0 Å². The summed E-state index contributed by atoms with van der Waals surface area (Å²) in [4.78, 5) is 17.2. The summed E-state index contributed by atoms with van der Waals surface area (Å²) in [5.41, 5.74) is 6.12. The number of carbonyl (C=O) groups excluding carboxylic acids is 1. The predicted molar refractivity (Wildman–Crippen MR) is 87.1 cm³/mol. The molecule has 0 aromatic heterocycles. The number of nitrogens with zero attached hydrogens (tertiary/aromatic N) is 2. The molecular formula is C17H33N3O. The minimum atomic E-state index is 0.100. The largest absolute Gasteiger partial charge is 0.340 e. The van der Waals surface area contributed by atoms with E-state index in [1.54, 1.807) is 0 Å². The van der Waals surface area contributed by atoms with Crippen LogP contribution in [0.5, 0.6) is 0 Å².